The van der Waals surface area contributed by atoms with Crippen molar-refractivity contribution in [2.45, 2.75) is 44.6 Å². The molecule has 0 saturated carbocycles. The molecule has 0 aliphatic carbocycles. The fraction of sp³-hybridized carbons (Fsp3) is 0.417. The van der Waals surface area contributed by atoms with Gasteiger partial charge in [0.15, 0.2) is 6.29 Å². The zero-order chi connectivity index (χ0) is 21.3. The van der Waals surface area contributed by atoms with E-state index in [0.29, 0.717) is 18.3 Å². The summed E-state index contributed by atoms with van der Waals surface area (Å²) >= 11 is 0. The summed E-state index contributed by atoms with van der Waals surface area (Å²) in [6.45, 7) is 3.76. The number of aromatic nitrogens is 1. The Morgan fingerprint density at radius 3 is 2.87 bits per heavy atom. The molecule has 31 heavy (non-hydrogen) atoms. The lowest BCUT2D eigenvalue weighted by Crippen LogP contribution is -2.32. The molecule has 1 aromatic heterocycles. The molecule has 7 heteroatoms. The van der Waals surface area contributed by atoms with Gasteiger partial charge in [0, 0.05) is 44.8 Å². The maximum atomic E-state index is 11.9. The smallest absolute Gasteiger partial charge is 0.267 e. The highest BCUT2D eigenvalue weighted by Crippen LogP contribution is 2.18. The molecule has 2 aliphatic heterocycles. The zero-order valence-electron chi connectivity index (χ0n) is 17.7. The van der Waals surface area contributed by atoms with Gasteiger partial charge < -0.3 is 10.1 Å². The Morgan fingerprint density at radius 2 is 2.10 bits per heavy atom. The first-order chi connectivity index (χ1) is 15.2. The molecule has 2 fully saturated rings. The number of hydrogen-bond acceptors (Lipinski definition) is 6. The summed E-state index contributed by atoms with van der Waals surface area (Å²) in [6, 6.07) is 14.9. The molecule has 2 aliphatic rings. The number of hydrogen-bond donors (Lipinski definition) is 2. The van der Waals surface area contributed by atoms with Crippen molar-refractivity contribution >= 4 is 17.7 Å². The number of pyridine rings is 1. The van der Waals surface area contributed by atoms with E-state index in [0.717, 1.165) is 51.0 Å². The van der Waals surface area contributed by atoms with Gasteiger partial charge in [-0.3, -0.25) is 14.7 Å². The summed E-state index contributed by atoms with van der Waals surface area (Å²) in [4.78, 5) is 24.0. The molecule has 164 valence electrons. The van der Waals surface area contributed by atoms with Crippen LogP contribution in [-0.2, 0) is 20.9 Å². The van der Waals surface area contributed by atoms with Gasteiger partial charge in [-0.1, -0.05) is 30.3 Å². The van der Waals surface area contributed by atoms with Crippen molar-refractivity contribution in [2.24, 2.45) is 0 Å². The lowest BCUT2D eigenvalue weighted by Gasteiger charge is -2.21. The Kier molecular flexibility index (Phi) is 7.65. The van der Waals surface area contributed by atoms with Gasteiger partial charge in [-0.25, -0.2) is 10.3 Å². The van der Waals surface area contributed by atoms with Gasteiger partial charge in [0.1, 0.15) is 0 Å². The molecule has 2 aromatic rings. The van der Waals surface area contributed by atoms with Gasteiger partial charge in [-0.05, 0) is 43.0 Å². The molecule has 1 amide bonds. The third-order valence-corrected chi connectivity index (χ3v) is 5.51. The highest BCUT2D eigenvalue weighted by Gasteiger charge is 2.22. The first-order valence-corrected chi connectivity index (χ1v) is 11.0. The van der Waals surface area contributed by atoms with Crippen molar-refractivity contribution < 1.29 is 14.4 Å². The van der Waals surface area contributed by atoms with Crippen LogP contribution >= 0.6 is 0 Å². The molecular weight excluding hydrogens is 392 g/mol. The highest BCUT2D eigenvalue weighted by molar-refractivity contribution is 5.90. The van der Waals surface area contributed by atoms with Gasteiger partial charge in [-0.2, -0.15) is 0 Å². The van der Waals surface area contributed by atoms with Crippen LogP contribution in [0.1, 0.15) is 36.9 Å². The van der Waals surface area contributed by atoms with Crippen LogP contribution in [0.25, 0.3) is 6.08 Å². The normalized spacial score (nSPS) is 21.9. The molecule has 4 rings (SSSR count). The number of carbonyl (C=O) groups is 1. The van der Waals surface area contributed by atoms with Gasteiger partial charge >= 0.3 is 0 Å². The standard InChI is InChI=1S/C24H30N4O3/c29-23(27-31-24-8-4-5-15-30-24)12-11-20-9-10-21(16-25-20)26-22-13-14-28(18-22)17-19-6-2-1-3-7-19/h1-3,6-7,9-12,16,22,24,26H,4-5,8,13-15,17-18H2,(H,27,29)/t22-,24?/m1/s1. The maximum Gasteiger partial charge on any atom is 0.267 e. The number of likely N-dealkylation sites (tertiary alicyclic amines) is 1. The quantitative estimate of drug-likeness (QED) is 0.502. The number of nitrogens with zero attached hydrogens (tertiary/aromatic N) is 2. The van der Waals surface area contributed by atoms with E-state index in [9.17, 15) is 4.79 Å². The predicted molar refractivity (Wildman–Crippen MR) is 120 cm³/mol. The van der Waals surface area contributed by atoms with Crippen LogP contribution in [0.15, 0.2) is 54.7 Å². The Morgan fingerprint density at radius 1 is 1.19 bits per heavy atom. The van der Waals surface area contributed by atoms with Crippen LogP contribution in [0.3, 0.4) is 0 Å². The summed E-state index contributed by atoms with van der Waals surface area (Å²) in [7, 11) is 0. The molecule has 1 aromatic carbocycles. The zero-order valence-corrected chi connectivity index (χ0v) is 17.7. The molecule has 0 bridgehead atoms. The highest BCUT2D eigenvalue weighted by atomic mass is 16.8. The van der Waals surface area contributed by atoms with Crippen LogP contribution in [0.4, 0.5) is 5.69 Å². The van der Waals surface area contributed by atoms with Crippen molar-refractivity contribution in [1.29, 1.82) is 0 Å². The second kappa shape index (κ2) is 11.0. The minimum absolute atomic E-state index is 0.331. The minimum Gasteiger partial charge on any atom is -0.380 e. The summed E-state index contributed by atoms with van der Waals surface area (Å²) in [5.74, 6) is -0.331. The number of ether oxygens (including phenoxy) is 1. The molecule has 0 radical (unpaired) electrons. The molecule has 3 heterocycles. The van der Waals surface area contributed by atoms with E-state index in [2.05, 4.69) is 51.0 Å². The Labute approximate surface area is 183 Å². The number of hydroxylamine groups is 1. The number of carbonyl (C=O) groups excluding carboxylic acids is 1. The first kappa shape index (κ1) is 21.5. The third-order valence-electron chi connectivity index (χ3n) is 5.51. The topological polar surface area (TPSA) is 75.7 Å². The van der Waals surface area contributed by atoms with Crippen LogP contribution in [0, 0.1) is 0 Å². The first-order valence-electron chi connectivity index (χ1n) is 11.0. The van der Waals surface area contributed by atoms with Crippen LogP contribution in [0.2, 0.25) is 0 Å². The van der Waals surface area contributed by atoms with E-state index in [-0.39, 0.29) is 12.2 Å². The van der Waals surface area contributed by atoms with E-state index in [4.69, 9.17) is 9.57 Å². The summed E-state index contributed by atoms with van der Waals surface area (Å²) in [5, 5.41) is 3.56. The second-order valence-electron chi connectivity index (χ2n) is 8.04. The SMILES string of the molecule is O=C(C=Cc1ccc(N[C@@H]2CCN(Cc3ccccc3)C2)cn1)NOC1CCCCO1. The Bertz CT molecular complexity index is 851. The van der Waals surface area contributed by atoms with Crippen molar-refractivity contribution in [2.75, 3.05) is 25.0 Å². The van der Waals surface area contributed by atoms with E-state index in [1.807, 2.05) is 18.3 Å². The fourth-order valence-corrected chi connectivity index (χ4v) is 3.88. The fourth-order valence-electron chi connectivity index (χ4n) is 3.88. The lowest BCUT2D eigenvalue weighted by atomic mass is 10.2. The molecule has 0 spiro atoms. The molecule has 2 N–H and O–H groups in total. The summed E-state index contributed by atoms with van der Waals surface area (Å²) in [5.41, 5.74) is 5.46. The van der Waals surface area contributed by atoms with E-state index in [1.54, 1.807) is 6.08 Å². The van der Waals surface area contributed by atoms with Crippen LogP contribution in [-0.4, -0.2) is 47.8 Å². The molecule has 7 nitrogen and oxygen atoms in total. The Hall–Kier alpha value is -2.74. The third kappa shape index (κ3) is 6.89. The second-order valence-corrected chi connectivity index (χ2v) is 8.04. The number of rotatable bonds is 8. The summed E-state index contributed by atoms with van der Waals surface area (Å²) < 4.78 is 5.41. The van der Waals surface area contributed by atoms with Crippen molar-refractivity contribution in [3.05, 3.63) is 66.0 Å². The number of amides is 1. The monoisotopic (exact) mass is 422 g/mol. The Balaban J connectivity index is 1.19. The molecular formula is C24H30N4O3. The summed E-state index contributed by atoms with van der Waals surface area (Å²) in [6.07, 6.45) is 8.53. The number of benzene rings is 1. The van der Waals surface area contributed by atoms with E-state index in [1.165, 1.54) is 11.6 Å². The van der Waals surface area contributed by atoms with Gasteiger partial charge in [0.2, 0.25) is 0 Å². The minimum atomic E-state index is -0.353. The predicted octanol–water partition coefficient (Wildman–Crippen LogP) is 3.36. The maximum absolute atomic E-state index is 11.9. The number of nitrogens with one attached hydrogen (secondary N) is 2. The molecule has 2 saturated heterocycles. The molecule has 2 atom stereocenters. The van der Waals surface area contributed by atoms with Crippen LogP contribution < -0.4 is 10.8 Å². The van der Waals surface area contributed by atoms with E-state index >= 15 is 0 Å². The van der Waals surface area contributed by atoms with Crippen molar-refractivity contribution in [3.8, 4) is 0 Å². The van der Waals surface area contributed by atoms with Crippen LogP contribution in [0.5, 0.6) is 0 Å². The molecule has 1 unspecified atom stereocenters. The van der Waals surface area contributed by atoms with Gasteiger partial charge in [0.25, 0.3) is 5.91 Å². The van der Waals surface area contributed by atoms with E-state index < -0.39 is 0 Å². The average Bonchev–Trinajstić information content (AvgIpc) is 3.25. The number of anilines is 1. The lowest BCUT2D eigenvalue weighted by molar-refractivity contribution is -0.198. The van der Waals surface area contributed by atoms with Crippen molar-refractivity contribution in [1.82, 2.24) is 15.4 Å². The van der Waals surface area contributed by atoms with Gasteiger partial charge in [0.05, 0.1) is 17.6 Å². The van der Waals surface area contributed by atoms with Gasteiger partial charge in [-0.15, -0.1) is 0 Å². The average molecular weight is 423 g/mol. The largest absolute Gasteiger partial charge is 0.380 e. The van der Waals surface area contributed by atoms with Crippen molar-refractivity contribution in [3.63, 3.8) is 0 Å².